The topological polar surface area (TPSA) is 39.4 Å². The number of halogens is 1. The highest BCUT2D eigenvalue weighted by atomic mass is 35.5. The quantitative estimate of drug-likeness (QED) is 0.325. The molecule has 0 saturated heterocycles. The summed E-state index contributed by atoms with van der Waals surface area (Å²) in [6.07, 6.45) is 3.20. The van der Waals surface area contributed by atoms with Crippen molar-refractivity contribution in [3.05, 3.63) is 93.9 Å². The molecule has 1 aromatic heterocycles. The zero-order valence-corrected chi connectivity index (χ0v) is 17.0. The SMILES string of the molecule is Cc1c(Cl)cccc1OCc1ccc(/C=C/C(=O)c2ccc(C(C)C)cc2)o1. The van der Waals surface area contributed by atoms with Gasteiger partial charge in [0.05, 0.1) is 0 Å². The minimum absolute atomic E-state index is 0.0564. The minimum Gasteiger partial charge on any atom is -0.485 e. The first-order valence-electron chi connectivity index (χ1n) is 9.23. The fraction of sp³-hybridized carbons (Fsp3) is 0.208. The molecule has 0 aliphatic rings. The second-order valence-electron chi connectivity index (χ2n) is 6.93. The first-order valence-corrected chi connectivity index (χ1v) is 9.61. The monoisotopic (exact) mass is 394 g/mol. The summed E-state index contributed by atoms with van der Waals surface area (Å²) in [5, 5.41) is 0.667. The van der Waals surface area contributed by atoms with E-state index in [4.69, 9.17) is 20.8 Å². The van der Waals surface area contributed by atoms with Crippen molar-refractivity contribution in [3.8, 4) is 5.75 Å². The van der Waals surface area contributed by atoms with E-state index >= 15 is 0 Å². The summed E-state index contributed by atoms with van der Waals surface area (Å²) in [4.78, 5) is 12.3. The summed E-state index contributed by atoms with van der Waals surface area (Å²) in [6.45, 7) is 6.46. The van der Waals surface area contributed by atoms with Crippen LogP contribution in [0.5, 0.6) is 5.75 Å². The molecule has 1 heterocycles. The second kappa shape index (κ2) is 8.94. The van der Waals surface area contributed by atoms with Crippen LogP contribution in [0.4, 0.5) is 0 Å². The molecule has 3 aromatic rings. The van der Waals surface area contributed by atoms with Crippen molar-refractivity contribution in [1.82, 2.24) is 0 Å². The van der Waals surface area contributed by atoms with Gasteiger partial charge in [-0.15, -0.1) is 0 Å². The Morgan fingerprint density at radius 2 is 1.86 bits per heavy atom. The molecule has 28 heavy (non-hydrogen) atoms. The Balaban J connectivity index is 1.60. The number of carbonyl (C=O) groups is 1. The first-order chi connectivity index (χ1) is 13.4. The lowest BCUT2D eigenvalue weighted by Gasteiger charge is -2.08. The standard InChI is InChI=1S/C24H23ClO3/c1-16(2)18-7-9-19(10-8-18)23(26)14-13-20-11-12-21(28-20)15-27-24-6-4-5-22(25)17(24)3/h4-14,16H,15H2,1-3H3/b14-13+. The van der Waals surface area contributed by atoms with Gasteiger partial charge in [-0.2, -0.15) is 0 Å². The molecule has 0 atom stereocenters. The van der Waals surface area contributed by atoms with Crippen molar-refractivity contribution in [1.29, 1.82) is 0 Å². The second-order valence-corrected chi connectivity index (χ2v) is 7.34. The molecule has 4 heteroatoms. The molecule has 0 saturated carbocycles. The van der Waals surface area contributed by atoms with E-state index in [1.165, 1.54) is 11.6 Å². The molecule has 0 spiro atoms. The molecule has 0 N–H and O–H groups in total. The third kappa shape index (κ3) is 4.93. The normalized spacial score (nSPS) is 11.3. The summed E-state index contributed by atoms with van der Waals surface area (Å²) in [6, 6.07) is 16.9. The zero-order chi connectivity index (χ0) is 20.1. The maximum Gasteiger partial charge on any atom is 0.185 e. The predicted molar refractivity (Wildman–Crippen MR) is 113 cm³/mol. The van der Waals surface area contributed by atoms with Crippen LogP contribution in [0, 0.1) is 6.92 Å². The summed E-state index contributed by atoms with van der Waals surface area (Å²) in [5.41, 5.74) is 2.77. The third-order valence-corrected chi connectivity index (χ3v) is 4.94. The lowest BCUT2D eigenvalue weighted by atomic mass is 10.0. The van der Waals surface area contributed by atoms with E-state index in [2.05, 4.69) is 13.8 Å². The zero-order valence-electron chi connectivity index (χ0n) is 16.2. The van der Waals surface area contributed by atoms with Crippen molar-refractivity contribution >= 4 is 23.5 Å². The fourth-order valence-corrected chi connectivity index (χ4v) is 2.91. The van der Waals surface area contributed by atoms with E-state index in [0.29, 0.717) is 34.6 Å². The molecule has 0 radical (unpaired) electrons. The van der Waals surface area contributed by atoms with E-state index in [1.54, 1.807) is 6.08 Å². The third-order valence-electron chi connectivity index (χ3n) is 4.53. The van der Waals surface area contributed by atoms with E-state index in [1.807, 2.05) is 61.5 Å². The molecular formula is C24H23ClO3. The van der Waals surface area contributed by atoms with Crippen LogP contribution in [0.1, 0.15) is 52.8 Å². The highest BCUT2D eigenvalue weighted by molar-refractivity contribution is 6.31. The highest BCUT2D eigenvalue weighted by Gasteiger charge is 2.07. The largest absolute Gasteiger partial charge is 0.485 e. The van der Waals surface area contributed by atoms with E-state index < -0.39 is 0 Å². The maximum atomic E-state index is 12.3. The van der Waals surface area contributed by atoms with Crippen LogP contribution >= 0.6 is 11.6 Å². The van der Waals surface area contributed by atoms with Crippen LogP contribution in [-0.2, 0) is 6.61 Å². The lowest BCUT2D eigenvalue weighted by molar-refractivity contribution is 0.104. The smallest absolute Gasteiger partial charge is 0.185 e. The molecule has 3 nitrogen and oxygen atoms in total. The number of ketones is 1. The van der Waals surface area contributed by atoms with Crippen LogP contribution < -0.4 is 4.74 Å². The Bertz CT molecular complexity index is 981. The molecule has 0 aliphatic carbocycles. The van der Waals surface area contributed by atoms with E-state index in [9.17, 15) is 4.79 Å². The number of carbonyl (C=O) groups excluding carboxylic acids is 1. The van der Waals surface area contributed by atoms with Gasteiger partial charge in [0.2, 0.25) is 0 Å². The lowest BCUT2D eigenvalue weighted by Crippen LogP contribution is -1.96. The van der Waals surface area contributed by atoms with Gasteiger partial charge in [0, 0.05) is 16.1 Å². The summed E-state index contributed by atoms with van der Waals surface area (Å²) < 4.78 is 11.5. The van der Waals surface area contributed by atoms with Crippen LogP contribution in [-0.4, -0.2) is 5.78 Å². The van der Waals surface area contributed by atoms with Crippen molar-refractivity contribution in [2.45, 2.75) is 33.3 Å². The number of hydrogen-bond donors (Lipinski definition) is 0. The average molecular weight is 395 g/mol. The minimum atomic E-state index is -0.0564. The molecule has 0 unspecified atom stereocenters. The Hall–Kier alpha value is -2.78. The van der Waals surface area contributed by atoms with Crippen molar-refractivity contribution in [2.75, 3.05) is 0 Å². The van der Waals surface area contributed by atoms with Crippen molar-refractivity contribution in [2.24, 2.45) is 0 Å². The Labute approximate surface area is 170 Å². The molecule has 3 rings (SSSR count). The molecule has 0 amide bonds. The number of rotatable bonds is 7. The Morgan fingerprint density at radius 1 is 1.11 bits per heavy atom. The fourth-order valence-electron chi connectivity index (χ4n) is 2.74. The average Bonchev–Trinajstić information content (AvgIpc) is 3.15. The molecular weight excluding hydrogens is 372 g/mol. The van der Waals surface area contributed by atoms with E-state index in [-0.39, 0.29) is 5.78 Å². The number of ether oxygens (including phenoxy) is 1. The van der Waals surface area contributed by atoms with Crippen molar-refractivity contribution < 1.29 is 13.9 Å². The van der Waals surface area contributed by atoms with Crippen molar-refractivity contribution in [3.63, 3.8) is 0 Å². The van der Waals surface area contributed by atoms with Gasteiger partial charge < -0.3 is 9.15 Å². The van der Waals surface area contributed by atoms with Gasteiger partial charge in [-0.1, -0.05) is 55.8 Å². The van der Waals surface area contributed by atoms with Gasteiger partial charge in [0.15, 0.2) is 5.78 Å². The predicted octanol–water partition coefficient (Wildman–Crippen LogP) is 6.84. The maximum absolute atomic E-state index is 12.3. The molecule has 0 fully saturated rings. The summed E-state index contributed by atoms with van der Waals surface area (Å²) >= 11 is 6.10. The number of allylic oxidation sites excluding steroid dienone is 1. The summed E-state index contributed by atoms with van der Waals surface area (Å²) in [5.74, 6) is 2.39. The van der Waals surface area contributed by atoms with Crippen LogP contribution in [0.2, 0.25) is 5.02 Å². The molecule has 144 valence electrons. The van der Waals surface area contributed by atoms with Crippen LogP contribution in [0.25, 0.3) is 6.08 Å². The van der Waals surface area contributed by atoms with Gasteiger partial charge in [-0.25, -0.2) is 0 Å². The van der Waals surface area contributed by atoms with Crippen LogP contribution in [0.15, 0.2) is 65.1 Å². The van der Waals surface area contributed by atoms with Gasteiger partial charge in [-0.3, -0.25) is 4.79 Å². The molecule has 0 bridgehead atoms. The molecule has 0 aliphatic heterocycles. The number of furan rings is 1. The van der Waals surface area contributed by atoms with Gasteiger partial charge in [0.1, 0.15) is 23.9 Å². The molecule has 2 aromatic carbocycles. The van der Waals surface area contributed by atoms with Gasteiger partial charge in [-0.05, 0) is 54.8 Å². The number of benzene rings is 2. The number of hydrogen-bond acceptors (Lipinski definition) is 3. The van der Waals surface area contributed by atoms with E-state index in [0.717, 1.165) is 11.3 Å². The van der Waals surface area contributed by atoms with Gasteiger partial charge >= 0.3 is 0 Å². The highest BCUT2D eigenvalue weighted by Crippen LogP contribution is 2.26. The van der Waals surface area contributed by atoms with Crippen LogP contribution in [0.3, 0.4) is 0 Å². The Kier molecular flexibility index (Phi) is 6.37. The Morgan fingerprint density at radius 3 is 2.57 bits per heavy atom. The summed E-state index contributed by atoms with van der Waals surface area (Å²) in [7, 11) is 0. The van der Waals surface area contributed by atoms with Gasteiger partial charge in [0.25, 0.3) is 0 Å². The first kappa shape index (κ1) is 20.0.